The van der Waals surface area contributed by atoms with E-state index in [1.54, 1.807) is 6.07 Å². The maximum atomic E-state index is 12.7. The highest BCUT2D eigenvalue weighted by atomic mass is 19.4. The first-order valence-electron chi connectivity index (χ1n) is 5.33. The monoisotopic (exact) mass is 255 g/mol. The Labute approximate surface area is 103 Å². The van der Waals surface area contributed by atoms with Gasteiger partial charge in [0.05, 0.1) is 11.6 Å². The zero-order valence-electron chi connectivity index (χ0n) is 10.0. The number of benzene rings is 1. The predicted molar refractivity (Wildman–Crippen MR) is 59.7 cm³/mol. The number of alkyl halides is 3. The molecule has 96 valence electrons. The van der Waals surface area contributed by atoms with Gasteiger partial charge in [-0.05, 0) is 37.5 Å². The molecule has 0 bridgehead atoms. The molecule has 0 aliphatic heterocycles. The van der Waals surface area contributed by atoms with Crippen LogP contribution in [-0.2, 0) is 17.4 Å². The zero-order valence-corrected chi connectivity index (χ0v) is 10.0. The number of carbonyl (C=O) groups excluding carboxylic acids is 1. The molecule has 1 rings (SSSR count). The largest absolute Gasteiger partial charge is 0.416 e. The van der Waals surface area contributed by atoms with E-state index in [1.807, 2.05) is 0 Å². The SMILES string of the molecule is CC(=O)C(C#N)Cc1cccc(C(F)(F)F)c1C. The van der Waals surface area contributed by atoms with Gasteiger partial charge in [-0.3, -0.25) is 4.79 Å². The van der Waals surface area contributed by atoms with E-state index in [-0.39, 0.29) is 17.8 Å². The second kappa shape index (κ2) is 5.21. The van der Waals surface area contributed by atoms with Gasteiger partial charge in [0, 0.05) is 0 Å². The molecule has 1 aromatic carbocycles. The topological polar surface area (TPSA) is 40.9 Å². The fourth-order valence-corrected chi connectivity index (χ4v) is 1.71. The minimum Gasteiger partial charge on any atom is -0.299 e. The normalized spacial score (nSPS) is 12.9. The van der Waals surface area contributed by atoms with E-state index in [4.69, 9.17) is 5.26 Å². The number of nitrogens with zero attached hydrogens (tertiary/aromatic N) is 1. The van der Waals surface area contributed by atoms with Crippen LogP contribution in [-0.4, -0.2) is 5.78 Å². The third-order valence-electron chi connectivity index (χ3n) is 2.82. The lowest BCUT2D eigenvalue weighted by atomic mass is 9.92. The Kier molecular flexibility index (Phi) is 4.12. The summed E-state index contributed by atoms with van der Waals surface area (Å²) in [7, 11) is 0. The van der Waals surface area contributed by atoms with Crippen molar-refractivity contribution >= 4 is 5.78 Å². The summed E-state index contributed by atoms with van der Waals surface area (Å²) in [6, 6.07) is 5.60. The molecule has 0 spiro atoms. The lowest BCUT2D eigenvalue weighted by Crippen LogP contribution is -2.14. The number of hydrogen-bond acceptors (Lipinski definition) is 2. The van der Waals surface area contributed by atoms with Crippen LogP contribution in [0.25, 0.3) is 0 Å². The highest BCUT2D eigenvalue weighted by molar-refractivity contribution is 5.81. The molecule has 0 fully saturated rings. The number of rotatable bonds is 3. The Morgan fingerprint density at radius 2 is 2.06 bits per heavy atom. The molecule has 0 aromatic heterocycles. The van der Waals surface area contributed by atoms with Crippen molar-refractivity contribution in [3.05, 3.63) is 34.9 Å². The molecule has 1 unspecified atom stereocenters. The maximum absolute atomic E-state index is 12.7. The van der Waals surface area contributed by atoms with Crippen molar-refractivity contribution in [3.8, 4) is 6.07 Å². The molecule has 5 heteroatoms. The molecule has 0 aliphatic rings. The molecular formula is C13H12F3NO. The van der Waals surface area contributed by atoms with Gasteiger partial charge in [0.25, 0.3) is 0 Å². The Morgan fingerprint density at radius 1 is 1.44 bits per heavy atom. The van der Waals surface area contributed by atoms with E-state index in [0.717, 1.165) is 6.07 Å². The zero-order chi connectivity index (χ0) is 13.9. The lowest BCUT2D eigenvalue weighted by molar-refractivity contribution is -0.138. The number of ketones is 1. The summed E-state index contributed by atoms with van der Waals surface area (Å²) < 4.78 is 38.0. The highest BCUT2D eigenvalue weighted by Gasteiger charge is 2.33. The third-order valence-corrected chi connectivity index (χ3v) is 2.82. The van der Waals surface area contributed by atoms with Gasteiger partial charge in [-0.2, -0.15) is 18.4 Å². The Hall–Kier alpha value is -1.83. The van der Waals surface area contributed by atoms with Crippen LogP contribution in [0.1, 0.15) is 23.6 Å². The quantitative estimate of drug-likeness (QED) is 0.831. The van der Waals surface area contributed by atoms with Crippen molar-refractivity contribution in [2.75, 3.05) is 0 Å². The number of hydrogen-bond donors (Lipinski definition) is 0. The summed E-state index contributed by atoms with van der Waals surface area (Å²) >= 11 is 0. The van der Waals surface area contributed by atoms with Gasteiger partial charge in [0.15, 0.2) is 0 Å². The third kappa shape index (κ3) is 3.10. The van der Waals surface area contributed by atoms with Gasteiger partial charge >= 0.3 is 6.18 Å². The maximum Gasteiger partial charge on any atom is 0.416 e. The number of halogens is 3. The fraction of sp³-hybridized carbons (Fsp3) is 0.385. The van der Waals surface area contributed by atoms with Crippen molar-refractivity contribution < 1.29 is 18.0 Å². The molecule has 2 nitrogen and oxygen atoms in total. The van der Waals surface area contributed by atoms with Crippen LogP contribution in [0.15, 0.2) is 18.2 Å². The van der Waals surface area contributed by atoms with Crippen LogP contribution in [0, 0.1) is 24.2 Å². The first-order chi connectivity index (χ1) is 8.27. The van der Waals surface area contributed by atoms with Crippen molar-refractivity contribution in [2.45, 2.75) is 26.4 Å². The minimum absolute atomic E-state index is 0.0155. The molecule has 0 aliphatic carbocycles. The van der Waals surface area contributed by atoms with Crippen molar-refractivity contribution in [2.24, 2.45) is 5.92 Å². The molecule has 1 aromatic rings. The van der Waals surface area contributed by atoms with E-state index in [2.05, 4.69) is 0 Å². The van der Waals surface area contributed by atoms with Crippen LogP contribution in [0.2, 0.25) is 0 Å². The van der Waals surface area contributed by atoms with E-state index in [0.29, 0.717) is 5.56 Å². The second-order valence-corrected chi connectivity index (χ2v) is 4.08. The fourth-order valence-electron chi connectivity index (χ4n) is 1.71. The van der Waals surface area contributed by atoms with Gasteiger partial charge in [-0.25, -0.2) is 0 Å². The second-order valence-electron chi connectivity index (χ2n) is 4.08. The molecule has 0 saturated carbocycles. The van der Waals surface area contributed by atoms with Gasteiger partial charge in [-0.1, -0.05) is 12.1 Å². The summed E-state index contributed by atoms with van der Waals surface area (Å²) in [5.74, 6) is -1.23. The van der Waals surface area contributed by atoms with Crippen LogP contribution in [0.4, 0.5) is 13.2 Å². The van der Waals surface area contributed by atoms with Gasteiger partial charge in [0.2, 0.25) is 0 Å². The number of nitriles is 1. The predicted octanol–water partition coefficient (Wildman–Crippen LogP) is 3.29. The van der Waals surface area contributed by atoms with Gasteiger partial charge in [-0.15, -0.1) is 0 Å². The van der Waals surface area contributed by atoms with Gasteiger partial charge < -0.3 is 0 Å². The van der Waals surface area contributed by atoms with Crippen molar-refractivity contribution in [1.82, 2.24) is 0 Å². The summed E-state index contributed by atoms with van der Waals surface area (Å²) in [5, 5.41) is 8.78. The van der Waals surface area contributed by atoms with E-state index in [9.17, 15) is 18.0 Å². The van der Waals surface area contributed by atoms with Crippen LogP contribution < -0.4 is 0 Å². The summed E-state index contributed by atoms with van der Waals surface area (Å²) in [6.07, 6.45) is -4.40. The summed E-state index contributed by atoms with van der Waals surface area (Å²) in [5.41, 5.74) is -0.265. The van der Waals surface area contributed by atoms with E-state index < -0.39 is 17.7 Å². The molecule has 1 atom stereocenters. The minimum atomic E-state index is -4.42. The van der Waals surface area contributed by atoms with Crippen LogP contribution in [0.5, 0.6) is 0 Å². The molecule has 0 heterocycles. The Bertz CT molecular complexity index is 500. The molecule has 0 saturated heterocycles. The first-order valence-corrected chi connectivity index (χ1v) is 5.33. The van der Waals surface area contributed by atoms with Crippen molar-refractivity contribution in [3.63, 3.8) is 0 Å². The standard InChI is InChI=1S/C13H12F3NO/c1-8-10(6-11(7-17)9(2)18)4-3-5-12(8)13(14,15)16/h3-5,11H,6H2,1-2H3. The van der Waals surface area contributed by atoms with Crippen LogP contribution >= 0.6 is 0 Å². The van der Waals surface area contributed by atoms with E-state index >= 15 is 0 Å². The molecular weight excluding hydrogens is 243 g/mol. The average Bonchev–Trinajstić information content (AvgIpc) is 2.25. The summed E-state index contributed by atoms with van der Waals surface area (Å²) in [4.78, 5) is 11.1. The first kappa shape index (κ1) is 14.2. The highest BCUT2D eigenvalue weighted by Crippen LogP contribution is 2.33. The Balaban J connectivity index is 3.13. The lowest BCUT2D eigenvalue weighted by Gasteiger charge is -2.14. The Morgan fingerprint density at radius 3 is 2.50 bits per heavy atom. The van der Waals surface area contributed by atoms with E-state index in [1.165, 1.54) is 26.0 Å². The number of Topliss-reactive ketones (excluding diaryl/α,β-unsaturated/α-hetero) is 1. The molecule has 0 radical (unpaired) electrons. The average molecular weight is 255 g/mol. The molecule has 18 heavy (non-hydrogen) atoms. The molecule has 0 N–H and O–H groups in total. The van der Waals surface area contributed by atoms with Gasteiger partial charge in [0.1, 0.15) is 11.7 Å². The summed E-state index contributed by atoms with van der Waals surface area (Å²) in [6.45, 7) is 2.61. The smallest absolute Gasteiger partial charge is 0.299 e. The number of carbonyl (C=O) groups is 1. The molecule has 0 amide bonds. The van der Waals surface area contributed by atoms with Crippen LogP contribution in [0.3, 0.4) is 0 Å². The van der Waals surface area contributed by atoms with Crippen molar-refractivity contribution in [1.29, 1.82) is 5.26 Å².